The number of carbonyl (C=O) groups excluding carboxylic acids is 1. The van der Waals surface area contributed by atoms with Crippen molar-refractivity contribution in [3.63, 3.8) is 0 Å². The first kappa shape index (κ1) is 20.4. The number of amides is 1. The second-order valence-electron chi connectivity index (χ2n) is 5.64. The minimum atomic E-state index is -4.33. The average Bonchev–Trinajstić information content (AvgIpc) is 2.67. The van der Waals surface area contributed by atoms with Crippen molar-refractivity contribution >= 4 is 27.3 Å². The van der Waals surface area contributed by atoms with Crippen LogP contribution in [0.25, 0.3) is 0 Å². The molecule has 0 spiro atoms. The van der Waals surface area contributed by atoms with E-state index in [0.717, 1.165) is 10.4 Å². The van der Waals surface area contributed by atoms with Gasteiger partial charge in [-0.1, -0.05) is 30.3 Å². The Labute approximate surface area is 158 Å². The van der Waals surface area contributed by atoms with Gasteiger partial charge in [0, 0.05) is 19.2 Å². The summed E-state index contributed by atoms with van der Waals surface area (Å²) >= 11 is 0. The number of para-hydroxylation sites is 2. The lowest BCUT2D eigenvalue weighted by Crippen LogP contribution is -2.43. The van der Waals surface area contributed by atoms with Gasteiger partial charge in [0.25, 0.3) is 15.7 Å². The first-order valence-electron chi connectivity index (χ1n) is 8.41. The highest BCUT2D eigenvalue weighted by molar-refractivity contribution is 7.93. The summed E-state index contributed by atoms with van der Waals surface area (Å²) in [7, 11) is -4.33. The lowest BCUT2D eigenvalue weighted by atomic mass is 10.3. The molecule has 0 aliphatic heterocycles. The van der Waals surface area contributed by atoms with E-state index in [1.54, 1.807) is 44.2 Å². The third kappa shape index (κ3) is 4.43. The van der Waals surface area contributed by atoms with Gasteiger partial charge in [0.15, 0.2) is 4.90 Å². The molecule has 9 heteroatoms. The number of hydrogen-bond acceptors (Lipinski definition) is 5. The van der Waals surface area contributed by atoms with E-state index in [2.05, 4.69) is 0 Å². The molecular formula is C18H21N3O5S. The SMILES string of the molecule is CCN(CC)C(=O)CN(c1ccccc1)S(=O)(=O)c1ccccc1[N+](=O)[O-]. The van der Waals surface area contributed by atoms with Crippen LogP contribution in [0.4, 0.5) is 11.4 Å². The molecule has 0 atom stereocenters. The first-order chi connectivity index (χ1) is 12.8. The van der Waals surface area contributed by atoms with Crippen LogP contribution in [0.3, 0.4) is 0 Å². The maximum Gasteiger partial charge on any atom is 0.289 e. The van der Waals surface area contributed by atoms with Crippen molar-refractivity contribution in [3.05, 3.63) is 64.7 Å². The van der Waals surface area contributed by atoms with Crippen molar-refractivity contribution < 1.29 is 18.1 Å². The predicted molar refractivity (Wildman–Crippen MR) is 102 cm³/mol. The third-order valence-electron chi connectivity index (χ3n) is 4.07. The number of nitrogens with zero attached hydrogens (tertiary/aromatic N) is 3. The van der Waals surface area contributed by atoms with Crippen LogP contribution in [0.15, 0.2) is 59.5 Å². The van der Waals surface area contributed by atoms with Gasteiger partial charge in [-0.15, -0.1) is 0 Å². The topological polar surface area (TPSA) is 101 Å². The van der Waals surface area contributed by atoms with Crippen molar-refractivity contribution in [2.24, 2.45) is 0 Å². The highest BCUT2D eigenvalue weighted by Crippen LogP contribution is 2.29. The largest absolute Gasteiger partial charge is 0.342 e. The van der Waals surface area contributed by atoms with Crippen LogP contribution in [0.2, 0.25) is 0 Å². The summed E-state index contributed by atoms with van der Waals surface area (Å²) in [4.78, 5) is 24.2. The van der Waals surface area contributed by atoms with E-state index < -0.39 is 32.1 Å². The van der Waals surface area contributed by atoms with E-state index in [9.17, 15) is 23.3 Å². The summed E-state index contributed by atoms with van der Waals surface area (Å²) < 4.78 is 27.4. The predicted octanol–water partition coefficient (Wildman–Crippen LogP) is 2.66. The fraction of sp³-hybridized carbons (Fsp3) is 0.278. The van der Waals surface area contributed by atoms with Crippen molar-refractivity contribution in [1.29, 1.82) is 0 Å². The number of nitro benzene ring substituents is 1. The minimum absolute atomic E-state index is 0.260. The average molecular weight is 391 g/mol. The van der Waals surface area contributed by atoms with Crippen LogP contribution in [0, 0.1) is 10.1 Å². The molecule has 1 amide bonds. The Bertz CT molecular complexity index is 912. The highest BCUT2D eigenvalue weighted by atomic mass is 32.2. The van der Waals surface area contributed by atoms with E-state index in [0.29, 0.717) is 13.1 Å². The Balaban J connectivity index is 2.57. The Morgan fingerprint density at radius 2 is 1.56 bits per heavy atom. The second kappa shape index (κ2) is 8.63. The molecular weight excluding hydrogens is 370 g/mol. The van der Waals surface area contributed by atoms with E-state index in [-0.39, 0.29) is 11.6 Å². The summed E-state index contributed by atoms with van der Waals surface area (Å²) in [6.07, 6.45) is 0. The maximum absolute atomic E-state index is 13.2. The molecule has 0 N–H and O–H groups in total. The molecule has 2 aromatic carbocycles. The first-order valence-corrected chi connectivity index (χ1v) is 9.85. The van der Waals surface area contributed by atoms with Crippen LogP contribution in [0.1, 0.15) is 13.8 Å². The van der Waals surface area contributed by atoms with Gasteiger partial charge < -0.3 is 4.90 Å². The molecule has 0 unspecified atom stereocenters. The van der Waals surface area contributed by atoms with Gasteiger partial charge in [0.05, 0.1) is 10.6 Å². The summed E-state index contributed by atoms with van der Waals surface area (Å²) in [6, 6.07) is 13.2. The second-order valence-corrected chi connectivity index (χ2v) is 7.47. The van der Waals surface area contributed by atoms with Crippen molar-refractivity contribution in [1.82, 2.24) is 4.90 Å². The van der Waals surface area contributed by atoms with Gasteiger partial charge in [0.1, 0.15) is 6.54 Å². The van der Waals surface area contributed by atoms with Gasteiger partial charge in [-0.05, 0) is 32.0 Å². The fourth-order valence-corrected chi connectivity index (χ4v) is 4.23. The molecule has 27 heavy (non-hydrogen) atoms. The van der Waals surface area contributed by atoms with E-state index in [1.807, 2.05) is 0 Å². The molecule has 0 radical (unpaired) electrons. The zero-order chi connectivity index (χ0) is 20.0. The van der Waals surface area contributed by atoms with Crippen molar-refractivity contribution in [3.8, 4) is 0 Å². The van der Waals surface area contributed by atoms with E-state index in [4.69, 9.17) is 0 Å². The Morgan fingerprint density at radius 3 is 2.11 bits per heavy atom. The monoisotopic (exact) mass is 391 g/mol. The van der Waals surface area contributed by atoms with Crippen molar-refractivity contribution in [2.45, 2.75) is 18.7 Å². The van der Waals surface area contributed by atoms with Crippen LogP contribution in [-0.4, -0.2) is 43.8 Å². The molecule has 0 aliphatic rings. The van der Waals surface area contributed by atoms with E-state index >= 15 is 0 Å². The number of carbonyl (C=O) groups is 1. The molecule has 0 heterocycles. The Morgan fingerprint density at radius 1 is 1.00 bits per heavy atom. The number of sulfonamides is 1. The molecule has 2 aromatic rings. The quantitative estimate of drug-likeness (QED) is 0.509. The lowest BCUT2D eigenvalue weighted by molar-refractivity contribution is -0.387. The highest BCUT2D eigenvalue weighted by Gasteiger charge is 2.33. The zero-order valence-corrected chi connectivity index (χ0v) is 15.9. The van der Waals surface area contributed by atoms with Crippen LogP contribution in [0.5, 0.6) is 0 Å². The lowest BCUT2D eigenvalue weighted by Gasteiger charge is -2.27. The number of nitro groups is 1. The van der Waals surface area contributed by atoms with Crippen molar-refractivity contribution in [2.75, 3.05) is 23.9 Å². The van der Waals surface area contributed by atoms with Crippen LogP contribution in [-0.2, 0) is 14.8 Å². The molecule has 8 nitrogen and oxygen atoms in total. The fourth-order valence-electron chi connectivity index (χ4n) is 2.65. The van der Waals surface area contributed by atoms with E-state index in [1.165, 1.54) is 23.1 Å². The number of hydrogen-bond donors (Lipinski definition) is 0. The molecule has 0 saturated carbocycles. The zero-order valence-electron chi connectivity index (χ0n) is 15.1. The number of rotatable bonds is 8. The Hall–Kier alpha value is -2.94. The molecule has 0 fully saturated rings. The Kier molecular flexibility index (Phi) is 6.51. The molecule has 144 valence electrons. The van der Waals surface area contributed by atoms with Gasteiger partial charge in [-0.2, -0.15) is 0 Å². The maximum atomic E-state index is 13.2. The summed E-state index contributed by atoms with van der Waals surface area (Å²) in [5.41, 5.74) is -0.273. The molecule has 0 bridgehead atoms. The van der Waals surface area contributed by atoms with Gasteiger partial charge in [0.2, 0.25) is 5.91 Å². The molecule has 0 saturated heterocycles. The van der Waals surface area contributed by atoms with Crippen LogP contribution < -0.4 is 4.31 Å². The molecule has 2 rings (SSSR count). The smallest absolute Gasteiger partial charge is 0.289 e. The summed E-state index contributed by atoms with van der Waals surface area (Å²) in [5.74, 6) is -0.383. The van der Waals surface area contributed by atoms with Crippen LogP contribution >= 0.6 is 0 Å². The molecule has 0 aromatic heterocycles. The molecule has 0 aliphatic carbocycles. The number of likely N-dealkylation sites (N-methyl/N-ethyl adjacent to an activating group) is 1. The van der Waals surface area contributed by atoms with Gasteiger partial charge in [-0.25, -0.2) is 8.42 Å². The minimum Gasteiger partial charge on any atom is -0.342 e. The van der Waals surface area contributed by atoms with Gasteiger partial charge in [-0.3, -0.25) is 19.2 Å². The summed E-state index contributed by atoms with van der Waals surface area (Å²) in [5, 5.41) is 11.3. The standard InChI is InChI=1S/C18H21N3O5S/c1-3-19(4-2)18(22)14-20(15-10-6-5-7-11-15)27(25,26)17-13-9-8-12-16(17)21(23)24/h5-13H,3-4,14H2,1-2H3. The number of anilines is 1. The third-order valence-corrected chi connectivity index (χ3v) is 5.89. The van der Waals surface area contributed by atoms with Gasteiger partial charge >= 0.3 is 0 Å². The summed E-state index contributed by atoms with van der Waals surface area (Å²) in [6.45, 7) is 4.02. The normalized spacial score (nSPS) is 11.0. The number of benzene rings is 2.